The summed E-state index contributed by atoms with van der Waals surface area (Å²) in [5.41, 5.74) is -0.202. The molecule has 0 aliphatic carbocycles. The Bertz CT molecular complexity index is 1510. The van der Waals surface area contributed by atoms with Gasteiger partial charge in [0.25, 0.3) is 0 Å². The number of H-pyrrole nitrogens is 1. The van der Waals surface area contributed by atoms with E-state index in [1.807, 2.05) is 0 Å². The van der Waals surface area contributed by atoms with E-state index in [2.05, 4.69) is 15.0 Å². The van der Waals surface area contributed by atoms with Crippen LogP contribution in [-0.4, -0.2) is 30.2 Å². The van der Waals surface area contributed by atoms with Gasteiger partial charge in [0.2, 0.25) is 5.62 Å². The summed E-state index contributed by atoms with van der Waals surface area (Å²) in [7, 11) is 0. The maximum atomic E-state index is 13.1. The first-order valence-electron chi connectivity index (χ1n) is 10.5. The maximum Gasteiger partial charge on any atom is 0.335 e. The van der Waals surface area contributed by atoms with Crippen molar-refractivity contribution in [1.82, 2.24) is 19.1 Å². The Morgan fingerprint density at radius 3 is 2.29 bits per heavy atom. The van der Waals surface area contributed by atoms with Crippen molar-refractivity contribution < 1.29 is 14.6 Å². The summed E-state index contributed by atoms with van der Waals surface area (Å²) in [5.74, 6) is 0.0740. The number of nitrogens with one attached hydrogen (secondary N) is 1. The summed E-state index contributed by atoms with van der Waals surface area (Å²) in [6.45, 7) is -0.187. The average molecular weight is 494 g/mol. The first-order valence-corrected chi connectivity index (χ1v) is 10.9. The Morgan fingerprint density at radius 1 is 0.971 bits per heavy atom. The topological polar surface area (TPSA) is 132 Å². The number of rotatable bonds is 8. The Morgan fingerprint density at radius 2 is 1.63 bits per heavy atom. The second-order valence-corrected chi connectivity index (χ2v) is 7.87. The van der Waals surface area contributed by atoms with Crippen LogP contribution < -0.4 is 21.7 Å². The van der Waals surface area contributed by atoms with Gasteiger partial charge in [-0.1, -0.05) is 23.7 Å². The van der Waals surface area contributed by atoms with Crippen LogP contribution in [0.1, 0.15) is 12.0 Å². The molecule has 2 aromatic heterocycles. The summed E-state index contributed by atoms with van der Waals surface area (Å²) in [5, 5.41) is 9.51. The number of aromatic nitrogens is 4. The minimum atomic E-state index is -1.12. The lowest BCUT2D eigenvalue weighted by Gasteiger charge is -2.11. The Balaban J connectivity index is 1.73. The number of hydrogen-bond acceptors (Lipinski definition) is 6. The molecule has 2 aromatic carbocycles. The van der Waals surface area contributed by atoms with Gasteiger partial charge >= 0.3 is 17.3 Å². The van der Waals surface area contributed by atoms with E-state index < -0.39 is 17.3 Å². The van der Waals surface area contributed by atoms with Crippen LogP contribution in [0, 0.1) is 0 Å². The zero-order valence-corrected chi connectivity index (χ0v) is 19.1. The van der Waals surface area contributed by atoms with E-state index in [0.29, 0.717) is 22.2 Å². The molecule has 4 aromatic rings. The van der Waals surface area contributed by atoms with Crippen molar-refractivity contribution in [3.05, 3.63) is 110 Å². The van der Waals surface area contributed by atoms with Crippen LogP contribution >= 0.6 is 11.6 Å². The van der Waals surface area contributed by atoms with Crippen molar-refractivity contribution in [3.8, 4) is 11.5 Å². The van der Waals surface area contributed by atoms with Gasteiger partial charge in [-0.05, 0) is 54.1 Å². The van der Waals surface area contributed by atoms with Gasteiger partial charge in [0.15, 0.2) is 0 Å². The number of benzene rings is 2. The molecule has 11 heteroatoms. The Hall–Kier alpha value is -4.44. The highest BCUT2D eigenvalue weighted by molar-refractivity contribution is 6.30. The zero-order chi connectivity index (χ0) is 24.8. The van der Waals surface area contributed by atoms with Gasteiger partial charge in [-0.25, -0.2) is 19.1 Å². The van der Waals surface area contributed by atoms with Crippen LogP contribution in [0.2, 0.25) is 5.02 Å². The molecule has 4 rings (SSSR count). The van der Waals surface area contributed by atoms with Crippen molar-refractivity contribution in [2.45, 2.75) is 19.5 Å². The van der Waals surface area contributed by atoms with E-state index in [0.717, 1.165) is 10.1 Å². The van der Waals surface area contributed by atoms with E-state index in [9.17, 15) is 14.4 Å². The molecule has 2 N–H and O–H groups in total. The van der Waals surface area contributed by atoms with Crippen molar-refractivity contribution in [1.29, 1.82) is 0 Å². The highest BCUT2D eigenvalue weighted by Gasteiger charge is 2.11. The van der Waals surface area contributed by atoms with Crippen LogP contribution in [0.4, 0.5) is 5.69 Å². The van der Waals surface area contributed by atoms with Crippen molar-refractivity contribution >= 4 is 23.3 Å². The van der Waals surface area contributed by atoms with E-state index in [4.69, 9.17) is 21.4 Å². The molecule has 178 valence electrons. The summed E-state index contributed by atoms with van der Waals surface area (Å²) >= 11 is 5.96. The minimum absolute atomic E-state index is 0.0179. The van der Waals surface area contributed by atoms with Gasteiger partial charge in [-0.2, -0.15) is 0 Å². The second-order valence-electron chi connectivity index (χ2n) is 7.44. The highest BCUT2D eigenvalue weighted by Crippen LogP contribution is 2.23. The number of ether oxygens (including phenoxy) is 1. The summed E-state index contributed by atoms with van der Waals surface area (Å²) in [6, 6.07) is 17.1. The maximum absolute atomic E-state index is 13.1. The molecule has 0 saturated heterocycles. The molecule has 35 heavy (non-hydrogen) atoms. The Kier molecular flexibility index (Phi) is 7.22. The van der Waals surface area contributed by atoms with E-state index >= 15 is 0 Å². The number of hydrogen-bond donors (Lipinski definition) is 2. The normalized spacial score (nSPS) is 11.4. The quantitative estimate of drug-likeness (QED) is 0.388. The molecule has 0 radical (unpaired) electrons. The third kappa shape index (κ3) is 6.12. The van der Waals surface area contributed by atoms with E-state index in [-0.39, 0.29) is 25.1 Å². The molecular formula is C24H20ClN5O5. The fourth-order valence-electron chi connectivity index (χ4n) is 3.21. The minimum Gasteiger partial charge on any atom is -0.481 e. The lowest BCUT2D eigenvalue weighted by molar-refractivity contribution is -0.137. The van der Waals surface area contributed by atoms with Crippen molar-refractivity contribution in [2.75, 3.05) is 0 Å². The first kappa shape index (κ1) is 23.7. The largest absolute Gasteiger partial charge is 0.481 e. The number of carbonyl (C=O) groups is 1. The number of carboxylic acids is 1. The van der Waals surface area contributed by atoms with Crippen LogP contribution in [0.15, 0.2) is 87.6 Å². The van der Waals surface area contributed by atoms with Gasteiger partial charge in [-0.3, -0.25) is 19.3 Å². The molecule has 0 fully saturated rings. The molecule has 0 aliphatic rings. The zero-order valence-electron chi connectivity index (χ0n) is 18.3. The number of carboxylic acid groups (broad SMARTS) is 1. The molecule has 0 spiro atoms. The van der Waals surface area contributed by atoms with E-state index in [1.54, 1.807) is 73.1 Å². The fraction of sp³-hybridized carbons (Fsp3) is 0.125. The third-order valence-electron chi connectivity index (χ3n) is 4.94. The van der Waals surface area contributed by atoms with Gasteiger partial charge in [0.1, 0.15) is 11.5 Å². The van der Waals surface area contributed by atoms with Gasteiger partial charge in [-0.15, -0.1) is 0 Å². The van der Waals surface area contributed by atoms with Gasteiger partial charge in [0, 0.05) is 24.0 Å². The second kappa shape index (κ2) is 10.7. The first-order chi connectivity index (χ1) is 16.9. The summed E-state index contributed by atoms with van der Waals surface area (Å²) in [6.07, 6.45) is 2.86. The predicted octanol–water partition coefficient (Wildman–Crippen LogP) is 2.93. The summed E-state index contributed by atoms with van der Waals surface area (Å²) in [4.78, 5) is 47.7. The van der Waals surface area contributed by atoms with Crippen molar-refractivity contribution in [3.63, 3.8) is 0 Å². The SMILES string of the molecule is O=C(O)CCn1c(=O)[nH]/c(=N\c2ccc(Oc3ccncc3)cc2)n(Cc2ccc(Cl)cc2)c1=O. The number of halogens is 1. The van der Waals surface area contributed by atoms with Crippen LogP contribution in [0.3, 0.4) is 0 Å². The lowest BCUT2D eigenvalue weighted by Crippen LogP contribution is -2.50. The molecule has 0 amide bonds. The number of pyridine rings is 1. The van der Waals surface area contributed by atoms with Gasteiger partial charge < -0.3 is 9.84 Å². The van der Waals surface area contributed by atoms with Crippen molar-refractivity contribution in [2.24, 2.45) is 4.99 Å². The molecule has 0 saturated carbocycles. The molecule has 0 atom stereocenters. The molecular weight excluding hydrogens is 474 g/mol. The smallest absolute Gasteiger partial charge is 0.335 e. The number of aliphatic carboxylic acids is 1. The monoisotopic (exact) mass is 493 g/mol. The van der Waals surface area contributed by atoms with Gasteiger partial charge in [0.05, 0.1) is 18.7 Å². The molecule has 0 aliphatic heterocycles. The van der Waals surface area contributed by atoms with Crippen LogP contribution in [-0.2, 0) is 17.9 Å². The fourth-order valence-corrected chi connectivity index (χ4v) is 3.34. The molecule has 2 heterocycles. The third-order valence-corrected chi connectivity index (χ3v) is 5.19. The van der Waals surface area contributed by atoms with Crippen LogP contribution in [0.5, 0.6) is 11.5 Å². The summed E-state index contributed by atoms with van der Waals surface area (Å²) < 4.78 is 7.85. The average Bonchev–Trinajstić information content (AvgIpc) is 2.84. The molecule has 10 nitrogen and oxygen atoms in total. The standard InChI is InChI=1S/C24H20ClN5O5/c25-17-3-1-16(2-4-17)15-30-22(28-23(33)29(24(30)34)14-11-21(31)32)27-18-5-7-19(8-6-18)35-20-9-12-26-13-10-20/h1-10,12-13H,11,14-15H2,(H,31,32)(H,27,28,33). The number of aromatic amines is 1. The highest BCUT2D eigenvalue weighted by atomic mass is 35.5. The van der Waals surface area contributed by atoms with E-state index in [1.165, 1.54) is 4.57 Å². The lowest BCUT2D eigenvalue weighted by atomic mass is 10.2. The Labute approximate surface area is 203 Å². The predicted molar refractivity (Wildman–Crippen MR) is 128 cm³/mol. The molecule has 0 unspecified atom stereocenters. The molecule has 0 bridgehead atoms. The van der Waals surface area contributed by atoms with Crippen LogP contribution in [0.25, 0.3) is 0 Å². The number of nitrogens with zero attached hydrogens (tertiary/aromatic N) is 4.